The second-order valence-corrected chi connectivity index (χ2v) is 4.84. The Balaban J connectivity index is 2.22. The van der Waals surface area contributed by atoms with Gasteiger partial charge in [0.05, 0.1) is 6.54 Å². The highest BCUT2D eigenvalue weighted by Gasteiger charge is 2.19. The summed E-state index contributed by atoms with van der Waals surface area (Å²) in [5.74, 6) is 0.122. The van der Waals surface area contributed by atoms with Crippen molar-refractivity contribution in [3.63, 3.8) is 0 Å². The number of carbonyl (C=O) groups excluding carboxylic acids is 1. The van der Waals surface area contributed by atoms with E-state index in [0.29, 0.717) is 18.6 Å². The molecule has 0 aromatic carbocycles. The molecule has 0 saturated carbocycles. The highest BCUT2D eigenvalue weighted by molar-refractivity contribution is 5.78. The van der Waals surface area contributed by atoms with E-state index in [1.54, 1.807) is 0 Å². The van der Waals surface area contributed by atoms with Gasteiger partial charge in [0, 0.05) is 18.6 Å². The van der Waals surface area contributed by atoms with Crippen molar-refractivity contribution in [2.24, 2.45) is 0 Å². The summed E-state index contributed by atoms with van der Waals surface area (Å²) in [6.07, 6.45) is 2.31. The van der Waals surface area contributed by atoms with E-state index in [4.69, 9.17) is 0 Å². The first-order chi connectivity index (χ1) is 7.61. The van der Waals surface area contributed by atoms with E-state index in [0.717, 1.165) is 19.5 Å². The number of piperidine rings is 1. The zero-order valence-corrected chi connectivity index (χ0v) is 10.8. The minimum absolute atomic E-state index is 0.122. The molecule has 0 aromatic rings. The zero-order valence-electron chi connectivity index (χ0n) is 10.8. The molecule has 0 aromatic heterocycles. The van der Waals surface area contributed by atoms with Crippen molar-refractivity contribution >= 4 is 5.91 Å². The number of likely N-dealkylation sites (N-methyl/N-ethyl adjacent to an activating group) is 1. The number of rotatable bonds is 5. The summed E-state index contributed by atoms with van der Waals surface area (Å²) in [5.41, 5.74) is 0. The number of hydrogen-bond donors (Lipinski definition) is 2. The van der Waals surface area contributed by atoms with E-state index in [-0.39, 0.29) is 5.91 Å². The summed E-state index contributed by atoms with van der Waals surface area (Å²) < 4.78 is 0. The molecule has 1 atom stereocenters. The van der Waals surface area contributed by atoms with Crippen LogP contribution in [0.3, 0.4) is 0 Å². The van der Waals surface area contributed by atoms with Gasteiger partial charge in [-0.3, -0.25) is 4.79 Å². The number of hydrogen-bond acceptors (Lipinski definition) is 3. The van der Waals surface area contributed by atoms with Gasteiger partial charge in [-0.05, 0) is 25.9 Å². The van der Waals surface area contributed by atoms with Crippen molar-refractivity contribution in [3.8, 4) is 0 Å². The Morgan fingerprint density at radius 2 is 2.25 bits per heavy atom. The molecule has 1 fully saturated rings. The van der Waals surface area contributed by atoms with Crippen LogP contribution in [0.1, 0.15) is 33.6 Å². The first-order valence-corrected chi connectivity index (χ1v) is 6.37. The second kappa shape index (κ2) is 6.86. The van der Waals surface area contributed by atoms with Gasteiger partial charge in [-0.2, -0.15) is 0 Å². The molecule has 94 valence electrons. The highest BCUT2D eigenvalue weighted by Crippen LogP contribution is 2.09. The summed E-state index contributed by atoms with van der Waals surface area (Å²) >= 11 is 0. The van der Waals surface area contributed by atoms with E-state index in [2.05, 4.69) is 22.5 Å². The Labute approximate surface area is 98.8 Å². The average Bonchev–Trinajstić information content (AvgIpc) is 2.26. The van der Waals surface area contributed by atoms with E-state index >= 15 is 0 Å². The fourth-order valence-electron chi connectivity index (χ4n) is 2.04. The van der Waals surface area contributed by atoms with Crippen LogP contribution < -0.4 is 10.6 Å². The largest absolute Gasteiger partial charge is 0.351 e. The summed E-state index contributed by atoms with van der Waals surface area (Å²) in [7, 11) is 0. The molecule has 16 heavy (non-hydrogen) atoms. The lowest BCUT2D eigenvalue weighted by molar-refractivity contribution is -0.121. The number of likely N-dealkylation sites (tertiary alicyclic amines) is 1. The van der Waals surface area contributed by atoms with Gasteiger partial charge in [-0.15, -0.1) is 0 Å². The molecule has 0 spiro atoms. The average molecular weight is 227 g/mol. The van der Waals surface area contributed by atoms with Gasteiger partial charge < -0.3 is 15.5 Å². The van der Waals surface area contributed by atoms with E-state index in [9.17, 15) is 4.79 Å². The smallest absolute Gasteiger partial charge is 0.234 e. The minimum Gasteiger partial charge on any atom is -0.351 e. The predicted octanol–water partition coefficient (Wildman–Crippen LogP) is 0.585. The van der Waals surface area contributed by atoms with Gasteiger partial charge >= 0.3 is 0 Å². The topological polar surface area (TPSA) is 44.4 Å². The zero-order chi connectivity index (χ0) is 12.0. The predicted molar refractivity (Wildman–Crippen MR) is 66.4 cm³/mol. The van der Waals surface area contributed by atoms with Crippen LogP contribution in [-0.2, 0) is 4.79 Å². The molecule has 1 rings (SSSR count). The summed E-state index contributed by atoms with van der Waals surface area (Å²) in [6.45, 7) is 9.96. The lowest BCUT2D eigenvalue weighted by Crippen LogP contribution is -2.49. The quantitative estimate of drug-likeness (QED) is 0.722. The Morgan fingerprint density at radius 1 is 1.50 bits per heavy atom. The van der Waals surface area contributed by atoms with E-state index < -0.39 is 0 Å². The third-order valence-electron chi connectivity index (χ3n) is 2.99. The normalized spacial score (nSPS) is 22.4. The van der Waals surface area contributed by atoms with Crippen LogP contribution in [0.15, 0.2) is 0 Å². The first-order valence-electron chi connectivity index (χ1n) is 6.37. The van der Waals surface area contributed by atoms with Crippen molar-refractivity contribution in [2.45, 2.75) is 45.7 Å². The summed E-state index contributed by atoms with van der Waals surface area (Å²) in [6, 6.07) is 0.708. The highest BCUT2D eigenvalue weighted by atomic mass is 16.2. The SMILES string of the molecule is CCN1CCCC(NC(=O)CNC(C)C)C1. The first kappa shape index (κ1) is 13.5. The maximum Gasteiger partial charge on any atom is 0.234 e. The Hall–Kier alpha value is -0.610. The fourth-order valence-corrected chi connectivity index (χ4v) is 2.04. The Morgan fingerprint density at radius 3 is 2.88 bits per heavy atom. The van der Waals surface area contributed by atoms with Crippen LogP contribution in [0.25, 0.3) is 0 Å². The van der Waals surface area contributed by atoms with Gasteiger partial charge in [0.25, 0.3) is 0 Å². The van der Waals surface area contributed by atoms with Gasteiger partial charge in [0.15, 0.2) is 0 Å². The molecular weight excluding hydrogens is 202 g/mol. The van der Waals surface area contributed by atoms with Gasteiger partial charge in [-0.1, -0.05) is 20.8 Å². The molecule has 0 bridgehead atoms. The molecule has 2 N–H and O–H groups in total. The van der Waals surface area contributed by atoms with Gasteiger partial charge in [0.2, 0.25) is 5.91 Å². The monoisotopic (exact) mass is 227 g/mol. The summed E-state index contributed by atoms with van der Waals surface area (Å²) in [4.78, 5) is 14.0. The van der Waals surface area contributed by atoms with Crippen molar-refractivity contribution < 1.29 is 4.79 Å². The van der Waals surface area contributed by atoms with E-state index in [1.165, 1.54) is 13.0 Å². The Kier molecular flexibility index (Phi) is 5.77. The molecule has 4 nitrogen and oxygen atoms in total. The van der Waals surface area contributed by atoms with Crippen LogP contribution in [0.2, 0.25) is 0 Å². The van der Waals surface area contributed by atoms with Gasteiger partial charge in [0.1, 0.15) is 0 Å². The molecule has 1 aliphatic heterocycles. The third kappa shape index (κ3) is 4.94. The molecule has 1 heterocycles. The molecule has 1 saturated heterocycles. The Bertz CT molecular complexity index is 218. The van der Waals surface area contributed by atoms with Crippen LogP contribution >= 0.6 is 0 Å². The number of amides is 1. The molecule has 1 aliphatic rings. The maximum absolute atomic E-state index is 11.6. The van der Waals surface area contributed by atoms with Crippen molar-refractivity contribution in [1.29, 1.82) is 0 Å². The number of nitrogens with one attached hydrogen (secondary N) is 2. The maximum atomic E-state index is 11.6. The molecule has 1 unspecified atom stereocenters. The molecule has 1 amide bonds. The fraction of sp³-hybridized carbons (Fsp3) is 0.917. The van der Waals surface area contributed by atoms with Crippen molar-refractivity contribution in [3.05, 3.63) is 0 Å². The molecular formula is C12H25N3O. The number of nitrogens with zero attached hydrogens (tertiary/aromatic N) is 1. The van der Waals surface area contributed by atoms with E-state index in [1.807, 2.05) is 13.8 Å². The standard InChI is InChI=1S/C12H25N3O/c1-4-15-7-5-6-11(9-15)14-12(16)8-13-10(2)3/h10-11,13H,4-9H2,1-3H3,(H,14,16). The minimum atomic E-state index is 0.122. The van der Waals surface area contributed by atoms with Gasteiger partial charge in [-0.25, -0.2) is 0 Å². The lowest BCUT2D eigenvalue weighted by atomic mass is 10.1. The van der Waals surface area contributed by atoms with Crippen LogP contribution in [-0.4, -0.2) is 49.1 Å². The summed E-state index contributed by atoms with van der Waals surface area (Å²) in [5, 5.41) is 6.23. The molecule has 0 aliphatic carbocycles. The van der Waals surface area contributed by atoms with Crippen LogP contribution in [0, 0.1) is 0 Å². The van der Waals surface area contributed by atoms with Crippen molar-refractivity contribution in [2.75, 3.05) is 26.2 Å². The third-order valence-corrected chi connectivity index (χ3v) is 2.99. The second-order valence-electron chi connectivity index (χ2n) is 4.84. The van der Waals surface area contributed by atoms with Crippen LogP contribution in [0.4, 0.5) is 0 Å². The lowest BCUT2D eigenvalue weighted by Gasteiger charge is -2.32. The molecule has 4 heteroatoms. The van der Waals surface area contributed by atoms with Crippen LogP contribution in [0.5, 0.6) is 0 Å². The molecule has 0 radical (unpaired) electrons. The van der Waals surface area contributed by atoms with Crippen molar-refractivity contribution in [1.82, 2.24) is 15.5 Å². The number of carbonyl (C=O) groups is 1.